The highest BCUT2D eigenvalue weighted by atomic mass is 31.0. The normalized spacial score (nSPS) is 10.5. The number of hydrogen-bond donors (Lipinski definition) is 2. The number of benzene rings is 9. The van der Waals surface area contributed by atoms with E-state index >= 15 is 0 Å². The van der Waals surface area contributed by atoms with E-state index in [1.54, 1.807) is 12.1 Å². The molecular weight excluding hydrogens is 1100 g/mol. The third kappa shape index (κ3) is 19.5. The summed E-state index contributed by atoms with van der Waals surface area (Å²) in [6, 6.07) is 69.8. The molecule has 89 heavy (non-hydrogen) atoms. The number of anilines is 5. The number of hydrogen-bond acceptors (Lipinski definition) is 8. The molecule has 9 aromatic rings. The van der Waals surface area contributed by atoms with Gasteiger partial charge in [0.05, 0.1) is 52.8 Å². The van der Waals surface area contributed by atoms with Crippen molar-refractivity contribution in [1.29, 1.82) is 15.8 Å². The largest absolute Gasteiger partial charge is 0.399 e. The molecule has 8 nitrogen and oxygen atoms in total. The minimum absolute atomic E-state index is 0.430. The van der Waals surface area contributed by atoms with Crippen LogP contribution in [0.5, 0.6) is 0 Å². The molecule has 0 heterocycles. The van der Waals surface area contributed by atoms with Gasteiger partial charge in [0.15, 0.2) is 0 Å². The quantitative estimate of drug-likeness (QED) is 0.0343. The highest BCUT2D eigenvalue weighted by Gasteiger charge is 2.20. The van der Waals surface area contributed by atoms with Crippen LogP contribution in [-0.4, -0.2) is 13.4 Å². The van der Waals surface area contributed by atoms with Crippen molar-refractivity contribution in [2.24, 2.45) is 15.9 Å². The smallest absolute Gasteiger partial charge is 0.0997 e. The molecule has 4 N–H and O–H groups in total. The van der Waals surface area contributed by atoms with Crippen LogP contribution in [0.25, 0.3) is 44.7 Å². The lowest BCUT2D eigenvalue weighted by Crippen LogP contribution is -2.13. The van der Waals surface area contributed by atoms with Crippen molar-refractivity contribution >= 4 is 67.7 Å². The third-order valence-electron chi connectivity index (χ3n) is 14.5. The molecule has 0 bridgehead atoms. The van der Waals surface area contributed by atoms with Crippen LogP contribution in [0.1, 0.15) is 95.8 Å². The number of nitrogens with zero attached hydrogens (tertiary/aromatic N) is 6. The maximum absolute atomic E-state index is 9.47. The molecular formula is C80H83N8P. The molecule has 1 atom stereocenters. The average molecular weight is 1190 g/mol. The van der Waals surface area contributed by atoms with E-state index < -0.39 is 0 Å². The predicted octanol–water partition coefficient (Wildman–Crippen LogP) is 20.3. The summed E-state index contributed by atoms with van der Waals surface area (Å²) in [5, 5.41) is 28.8. The van der Waals surface area contributed by atoms with Gasteiger partial charge >= 0.3 is 0 Å². The molecule has 0 spiro atoms. The molecule has 0 amide bonds. The maximum Gasteiger partial charge on any atom is 0.0997 e. The highest BCUT2D eigenvalue weighted by molar-refractivity contribution is 7.27. The van der Waals surface area contributed by atoms with Crippen LogP contribution in [0.15, 0.2) is 235 Å². The van der Waals surface area contributed by atoms with Crippen LogP contribution >= 0.6 is 9.24 Å². The minimum Gasteiger partial charge on any atom is -0.399 e. The highest BCUT2D eigenvalue weighted by Crippen LogP contribution is 2.43. The van der Waals surface area contributed by atoms with Crippen molar-refractivity contribution in [1.82, 2.24) is 0 Å². The van der Waals surface area contributed by atoms with Crippen molar-refractivity contribution in [3.05, 3.63) is 286 Å². The van der Waals surface area contributed by atoms with E-state index in [1.807, 2.05) is 142 Å². The second-order valence-electron chi connectivity index (χ2n) is 21.4. The van der Waals surface area contributed by atoms with Gasteiger partial charge in [-0.1, -0.05) is 175 Å². The standard InChI is InChI=1S/C29H27N2P.C18H20N2.C17H14N2.C14H16N2.C2H6/c1-4-22-9-15-29(27(18-22)24-7-5-6-23(17-24)19-30)31(25-10-12-26(32)13-11-25)28-14-8-20(2)16-21(28)3;1-5-16(12-19)18(11-6-14(2)3)17-9-7-15(8-10-17)13-20-4;1-12-7-8-15(13(2)19-3)10-17(12)16-6-4-5-14(9-16)11-18;1-9-3-5-11(15)7-13(9)14-8-12(16)6-4-10(14)2;1-2/h5-18H,4,32H2,1-3H3;5-11,14H,1,4,13H2,2-3H3;4-10H,2-3H2,1H3;3-8H,15-16H2,1-2H3;1-2H3/b;11-6-,18-16-;;;. The Kier molecular flexibility index (Phi) is 27.0. The summed E-state index contributed by atoms with van der Waals surface area (Å²) < 4.78 is 0. The van der Waals surface area contributed by atoms with Crippen LogP contribution in [-0.2, 0) is 13.0 Å². The number of aliphatic imine (C=N–C) groups is 2. The molecule has 9 aromatic carbocycles. The van der Waals surface area contributed by atoms with Crippen LogP contribution in [0, 0.1) is 74.5 Å². The van der Waals surface area contributed by atoms with Gasteiger partial charge in [-0.3, -0.25) is 9.98 Å². The van der Waals surface area contributed by atoms with Gasteiger partial charge in [-0.15, -0.1) is 9.24 Å². The zero-order chi connectivity index (χ0) is 65.2. The maximum atomic E-state index is 9.47. The lowest BCUT2D eigenvalue weighted by atomic mass is 9.96. The SMILES string of the molecule is C=C/C(C#N)=C(\C=C/C(C)C)c1ccc(CN=C)cc1.C=NC(=C)c1ccc(C)c(-c2cccc(C#N)c2)c1.CC.CCc1ccc(N(c2ccc(P)cc2)c2ccc(C)cc2C)c(-c2cccc(C#N)c2)c1.Cc1ccc(N)cc1-c1cc(N)ccc1C. The second-order valence-corrected chi connectivity index (χ2v) is 22.1. The molecule has 0 aromatic heterocycles. The molecule has 0 saturated heterocycles. The lowest BCUT2D eigenvalue weighted by molar-refractivity contribution is 0.832. The molecule has 0 fully saturated rings. The molecule has 9 rings (SSSR count). The minimum atomic E-state index is 0.430. The summed E-state index contributed by atoms with van der Waals surface area (Å²) in [6.07, 6.45) is 6.62. The van der Waals surface area contributed by atoms with Crippen LogP contribution in [0.3, 0.4) is 0 Å². The molecule has 0 aliphatic heterocycles. The fraction of sp³-hybridized carbons (Fsp3) is 0.163. The summed E-state index contributed by atoms with van der Waals surface area (Å²) in [5.41, 5.74) is 36.9. The molecule has 0 aliphatic carbocycles. The Morgan fingerprint density at radius 3 is 1.62 bits per heavy atom. The molecule has 0 radical (unpaired) electrons. The first-order valence-corrected chi connectivity index (χ1v) is 30.3. The fourth-order valence-corrected chi connectivity index (χ4v) is 9.85. The van der Waals surface area contributed by atoms with Crippen LogP contribution in [0.2, 0.25) is 0 Å². The number of rotatable bonds is 15. The Morgan fingerprint density at radius 2 is 1.11 bits per heavy atom. The number of nitrogen functional groups attached to an aromatic ring is 2. The lowest BCUT2D eigenvalue weighted by Gasteiger charge is -2.30. The van der Waals surface area contributed by atoms with E-state index in [9.17, 15) is 10.5 Å². The molecule has 9 heteroatoms. The first kappa shape index (κ1) is 69.4. The average Bonchev–Trinajstić information content (AvgIpc) is 3.50. The summed E-state index contributed by atoms with van der Waals surface area (Å²) in [5.74, 6) is 0.430. The van der Waals surface area contributed by atoms with Crippen molar-refractivity contribution in [3.63, 3.8) is 0 Å². The van der Waals surface area contributed by atoms with Gasteiger partial charge in [-0.25, -0.2) is 0 Å². The number of nitrogens with two attached hydrogens (primary N) is 2. The summed E-state index contributed by atoms with van der Waals surface area (Å²) in [4.78, 5) is 10.0. The van der Waals surface area contributed by atoms with Crippen LogP contribution < -0.4 is 21.7 Å². The Balaban J connectivity index is 0.000000222. The second kappa shape index (κ2) is 34.7. The molecule has 1 unspecified atom stereocenters. The summed E-state index contributed by atoms with van der Waals surface area (Å²) in [7, 11) is 2.76. The van der Waals surface area contributed by atoms with Crippen molar-refractivity contribution < 1.29 is 0 Å². The van der Waals surface area contributed by atoms with E-state index in [-0.39, 0.29) is 0 Å². The Morgan fingerprint density at radius 1 is 0.584 bits per heavy atom. The first-order valence-electron chi connectivity index (χ1n) is 29.7. The third-order valence-corrected chi connectivity index (χ3v) is 14.8. The molecule has 448 valence electrons. The summed E-state index contributed by atoms with van der Waals surface area (Å²) in [6.45, 7) is 36.0. The van der Waals surface area contributed by atoms with E-state index in [1.165, 1.54) is 27.8 Å². The van der Waals surface area contributed by atoms with Gasteiger partial charge in [-0.05, 0) is 223 Å². The number of aryl methyl sites for hydroxylation is 6. The zero-order valence-corrected chi connectivity index (χ0v) is 54.5. The predicted molar refractivity (Wildman–Crippen MR) is 387 cm³/mol. The fourth-order valence-electron chi connectivity index (χ4n) is 9.66. The van der Waals surface area contributed by atoms with Gasteiger partial charge in [0.2, 0.25) is 0 Å². The van der Waals surface area contributed by atoms with Gasteiger partial charge in [0.1, 0.15) is 0 Å². The molecule has 0 saturated carbocycles. The van der Waals surface area contributed by atoms with Crippen molar-refractivity contribution in [2.75, 3.05) is 16.4 Å². The van der Waals surface area contributed by atoms with Crippen molar-refractivity contribution in [3.8, 4) is 51.6 Å². The number of allylic oxidation sites excluding steroid dienone is 5. The van der Waals surface area contributed by atoms with Gasteiger partial charge in [-0.2, -0.15) is 15.8 Å². The van der Waals surface area contributed by atoms with Gasteiger partial charge < -0.3 is 16.4 Å². The Hall–Kier alpha value is -10.4. The van der Waals surface area contributed by atoms with Crippen LogP contribution in [0.4, 0.5) is 28.4 Å². The van der Waals surface area contributed by atoms with Gasteiger partial charge in [0, 0.05) is 33.9 Å². The van der Waals surface area contributed by atoms with E-state index in [2.05, 4.69) is 190 Å². The Bertz CT molecular complexity index is 4070. The monoisotopic (exact) mass is 1190 g/mol. The summed E-state index contributed by atoms with van der Waals surface area (Å²) >= 11 is 0. The van der Waals surface area contributed by atoms with E-state index in [0.29, 0.717) is 34.9 Å². The topological polar surface area (TPSA) is 151 Å². The van der Waals surface area contributed by atoms with Gasteiger partial charge in [0.25, 0.3) is 0 Å². The van der Waals surface area contributed by atoms with E-state index in [4.69, 9.17) is 16.7 Å². The molecule has 0 aliphatic rings. The number of nitriles is 3. The van der Waals surface area contributed by atoms with Crippen molar-refractivity contribution in [2.45, 2.75) is 82.2 Å². The zero-order valence-electron chi connectivity index (χ0n) is 53.4. The first-order chi connectivity index (χ1) is 42.8. The van der Waals surface area contributed by atoms with E-state index in [0.717, 1.165) is 101 Å². The Labute approximate surface area is 532 Å².